The zero-order chi connectivity index (χ0) is 26.6. The Hall–Kier alpha value is -0.520. The van der Waals surface area contributed by atoms with Crippen molar-refractivity contribution >= 4 is 0 Å². The SMILES string of the molecule is C=CCCCCCCCCCCCCCC.C=CCCCCCCCCCCCCCCCCCC. The van der Waals surface area contributed by atoms with Crippen molar-refractivity contribution in [2.75, 3.05) is 0 Å². The number of hydrogen-bond donors (Lipinski definition) is 0. The lowest BCUT2D eigenvalue weighted by molar-refractivity contribution is 0.530. The molecule has 0 heterocycles. The first-order valence-corrected chi connectivity index (χ1v) is 17.0. The molecule has 0 aliphatic carbocycles. The van der Waals surface area contributed by atoms with Crippen LogP contribution in [-0.2, 0) is 0 Å². The normalized spacial score (nSPS) is 10.7. The van der Waals surface area contributed by atoms with E-state index in [1.54, 1.807) is 0 Å². The summed E-state index contributed by atoms with van der Waals surface area (Å²) in [4.78, 5) is 0. The van der Waals surface area contributed by atoms with E-state index >= 15 is 0 Å². The molecule has 0 atom stereocenters. The van der Waals surface area contributed by atoms with Crippen LogP contribution in [0, 0.1) is 0 Å². The summed E-state index contributed by atoms with van der Waals surface area (Å²) >= 11 is 0. The van der Waals surface area contributed by atoms with Gasteiger partial charge in [-0.1, -0.05) is 193 Å². The molecule has 0 unspecified atom stereocenters. The highest BCUT2D eigenvalue weighted by molar-refractivity contribution is 4.66. The predicted octanol–water partition coefficient (Wildman–Crippen LogP) is 14.1. The van der Waals surface area contributed by atoms with Crippen LogP contribution in [0.25, 0.3) is 0 Å². The fourth-order valence-corrected chi connectivity index (χ4v) is 4.97. The van der Waals surface area contributed by atoms with Gasteiger partial charge < -0.3 is 0 Å². The van der Waals surface area contributed by atoms with Gasteiger partial charge in [0.25, 0.3) is 0 Å². The molecule has 0 aliphatic rings. The third-order valence-corrected chi connectivity index (χ3v) is 7.52. The van der Waals surface area contributed by atoms with Gasteiger partial charge >= 0.3 is 0 Å². The maximum absolute atomic E-state index is 3.77. The monoisotopic (exact) mass is 505 g/mol. The minimum Gasteiger partial charge on any atom is -0.103 e. The Balaban J connectivity index is 0. The van der Waals surface area contributed by atoms with E-state index in [-0.39, 0.29) is 0 Å². The Bertz CT molecular complexity index is 368. The third kappa shape index (κ3) is 40.6. The van der Waals surface area contributed by atoms with Crippen molar-refractivity contribution in [3.63, 3.8) is 0 Å². The second-order valence-electron chi connectivity index (χ2n) is 11.3. The second kappa shape index (κ2) is 39.0. The standard InChI is InChI=1S/C20H40.C16H32/c1-3-5-7-9-11-13-15-17-19-20-18-16-14-12-10-8-6-4-2;1-3-5-7-9-11-13-15-16-14-12-10-8-6-4-2/h3H,1,4-20H2,2H3;3H,1,4-16H2,2H3. The van der Waals surface area contributed by atoms with Gasteiger partial charge in [-0.2, -0.15) is 0 Å². The van der Waals surface area contributed by atoms with Gasteiger partial charge in [-0.15, -0.1) is 13.2 Å². The molecule has 0 nitrogen and oxygen atoms in total. The first kappa shape index (κ1) is 37.6. The Morgan fingerprint density at radius 2 is 0.444 bits per heavy atom. The Labute approximate surface area is 231 Å². The van der Waals surface area contributed by atoms with Crippen molar-refractivity contribution in [2.45, 2.75) is 206 Å². The zero-order valence-corrected chi connectivity index (χ0v) is 25.8. The Morgan fingerprint density at radius 3 is 0.611 bits per heavy atom. The van der Waals surface area contributed by atoms with E-state index in [1.165, 1.54) is 193 Å². The molecule has 0 aromatic heterocycles. The highest BCUT2D eigenvalue weighted by atomic mass is 14.0. The number of unbranched alkanes of at least 4 members (excludes halogenated alkanes) is 28. The fourth-order valence-electron chi connectivity index (χ4n) is 4.97. The summed E-state index contributed by atoms with van der Waals surface area (Å²) in [5.41, 5.74) is 0. The second-order valence-corrected chi connectivity index (χ2v) is 11.3. The van der Waals surface area contributed by atoms with Gasteiger partial charge in [-0.05, 0) is 25.7 Å². The van der Waals surface area contributed by atoms with Gasteiger partial charge in [-0.25, -0.2) is 0 Å². The van der Waals surface area contributed by atoms with Crippen LogP contribution in [0.5, 0.6) is 0 Å². The van der Waals surface area contributed by atoms with Crippen molar-refractivity contribution in [1.29, 1.82) is 0 Å². The molecule has 216 valence electrons. The minimum absolute atomic E-state index is 1.21. The van der Waals surface area contributed by atoms with Crippen molar-refractivity contribution in [3.05, 3.63) is 25.3 Å². The molecule has 0 spiro atoms. The molecule has 0 bridgehead atoms. The lowest BCUT2D eigenvalue weighted by Gasteiger charge is -2.03. The summed E-state index contributed by atoms with van der Waals surface area (Å²) in [7, 11) is 0. The molecule has 0 fully saturated rings. The number of rotatable bonds is 30. The van der Waals surface area contributed by atoms with Gasteiger partial charge in [0.05, 0.1) is 0 Å². The molecule has 0 aliphatic heterocycles. The number of allylic oxidation sites excluding steroid dienone is 2. The van der Waals surface area contributed by atoms with Gasteiger partial charge in [0, 0.05) is 0 Å². The van der Waals surface area contributed by atoms with Crippen molar-refractivity contribution in [2.24, 2.45) is 0 Å². The van der Waals surface area contributed by atoms with Crippen LogP contribution in [0.3, 0.4) is 0 Å². The average molecular weight is 505 g/mol. The maximum Gasteiger partial charge on any atom is -0.0353 e. The summed E-state index contributed by atoms with van der Waals surface area (Å²) in [6, 6.07) is 0. The maximum atomic E-state index is 3.77. The van der Waals surface area contributed by atoms with Gasteiger partial charge in [0.1, 0.15) is 0 Å². The quantitative estimate of drug-likeness (QED) is 0.0673. The fraction of sp³-hybridized carbons (Fsp3) is 0.889. The summed E-state index contributed by atoms with van der Waals surface area (Å²) < 4.78 is 0. The predicted molar refractivity (Wildman–Crippen MR) is 170 cm³/mol. The first-order valence-electron chi connectivity index (χ1n) is 17.0. The molecule has 0 radical (unpaired) electrons. The van der Waals surface area contributed by atoms with Gasteiger partial charge in [0.15, 0.2) is 0 Å². The largest absolute Gasteiger partial charge is 0.103 e. The van der Waals surface area contributed by atoms with E-state index in [0.717, 1.165) is 0 Å². The van der Waals surface area contributed by atoms with Crippen LogP contribution in [0.2, 0.25) is 0 Å². The molecule has 0 rings (SSSR count). The highest BCUT2D eigenvalue weighted by Gasteiger charge is 1.95. The summed E-state index contributed by atoms with van der Waals surface area (Å²) in [6.45, 7) is 12.1. The van der Waals surface area contributed by atoms with E-state index in [1.807, 2.05) is 12.2 Å². The molecule has 0 aromatic carbocycles. The van der Waals surface area contributed by atoms with E-state index < -0.39 is 0 Å². The minimum atomic E-state index is 1.21. The lowest BCUT2D eigenvalue weighted by Crippen LogP contribution is -1.83. The van der Waals surface area contributed by atoms with E-state index in [2.05, 4.69) is 27.0 Å². The molecule has 0 heteroatoms. The van der Waals surface area contributed by atoms with Gasteiger partial charge in [-0.3, -0.25) is 0 Å². The lowest BCUT2D eigenvalue weighted by atomic mass is 10.0. The molecular formula is C36H72. The molecule has 0 saturated carbocycles. The van der Waals surface area contributed by atoms with Gasteiger partial charge in [0.2, 0.25) is 0 Å². The molecule has 0 saturated heterocycles. The van der Waals surface area contributed by atoms with Crippen LogP contribution < -0.4 is 0 Å². The van der Waals surface area contributed by atoms with E-state index in [0.29, 0.717) is 0 Å². The van der Waals surface area contributed by atoms with Crippen LogP contribution >= 0.6 is 0 Å². The van der Waals surface area contributed by atoms with Crippen molar-refractivity contribution in [3.8, 4) is 0 Å². The van der Waals surface area contributed by atoms with Crippen LogP contribution in [0.15, 0.2) is 25.3 Å². The van der Waals surface area contributed by atoms with E-state index in [9.17, 15) is 0 Å². The van der Waals surface area contributed by atoms with E-state index in [4.69, 9.17) is 0 Å². The molecule has 0 aromatic rings. The summed E-state index contributed by atoms with van der Waals surface area (Å²) in [5, 5.41) is 0. The Morgan fingerprint density at radius 1 is 0.278 bits per heavy atom. The van der Waals surface area contributed by atoms with Crippen LogP contribution in [0.1, 0.15) is 206 Å². The zero-order valence-electron chi connectivity index (χ0n) is 25.8. The summed E-state index contributed by atoms with van der Waals surface area (Å²) in [6.07, 6.45) is 46.9. The Kier molecular flexibility index (Phi) is 40.8. The van der Waals surface area contributed by atoms with Crippen LogP contribution in [0.4, 0.5) is 0 Å². The molecule has 0 amide bonds. The molecule has 36 heavy (non-hydrogen) atoms. The van der Waals surface area contributed by atoms with Crippen molar-refractivity contribution in [1.82, 2.24) is 0 Å². The smallest absolute Gasteiger partial charge is 0.0353 e. The average Bonchev–Trinajstić information content (AvgIpc) is 2.89. The van der Waals surface area contributed by atoms with Crippen molar-refractivity contribution < 1.29 is 0 Å². The topological polar surface area (TPSA) is 0 Å². The number of hydrogen-bond acceptors (Lipinski definition) is 0. The third-order valence-electron chi connectivity index (χ3n) is 7.52. The molecule has 0 N–H and O–H groups in total. The molecular weight excluding hydrogens is 432 g/mol. The first-order chi connectivity index (χ1) is 17.8. The highest BCUT2D eigenvalue weighted by Crippen LogP contribution is 2.14. The van der Waals surface area contributed by atoms with Crippen LogP contribution in [-0.4, -0.2) is 0 Å². The summed E-state index contributed by atoms with van der Waals surface area (Å²) in [5.74, 6) is 0.